The maximum absolute atomic E-state index is 12.1. The minimum atomic E-state index is -3.51. The second-order valence-electron chi connectivity index (χ2n) is 3.93. The Morgan fingerprint density at radius 3 is 2.78 bits per heavy atom. The number of nitrogens with one attached hydrogen (secondary N) is 1. The summed E-state index contributed by atoms with van der Waals surface area (Å²) in [7, 11) is -3.51. The number of benzene rings is 1. The van der Waals surface area contributed by atoms with Crippen molar-refractivity contribution in [3.05, 3.63) is 46.2 Å². The van der Waals surface area contributed by atoms with Crippen LogP contribution in [-0.2, 0) is 16.6 Å². The molecule has 18 heavy (non-hydrogen) atoms. The van der Waals surface area contributed by atoms with Crippen molar-refractivity contribution in [1.82, 2.24) is 4.72 Å². The van der Waals surface area contributed by atoms with Gasteiger partial charge in [0.1, 0.15) is 0 Å². The lowest BCUT2D eigenvalue weighted by Crippen LogP contribution is -2.23. The van der Waals surface area contributed by atoms with E-state index in [1.54, 1.807) is 19.1 Å². The van der Waals surface area contributed by atoms with Crippen LogP contribution in [-0.4, -0.2) is 8.42 Å². The van der Waals surface area contributed by atoms with Crippen LogP contribution in [0.2, 0.25) is 0 Å². The van der Waals surface area contributed by atoms with Crippen molar-refractivity contribution in [2.24, 2.45) is 0 Å². The van der Waals surface area contributed by atoms with Crippen molar-refractivity contribution in [3.8, 4) is 0 Å². The first-order valence-corrected chi connectivity index (χ1v) is 7.73. The molecule has 0 radical (unpaired) electrons. The van der Waals surface area contributed by atoms with E-state index in [1.807, 2.05) is 17.5 Å². The molecule has 0 bridgehead atoms. The number of thiophene rings is 1. The Morgan fingerprint density at radius 2 is 2.11 bits per heavy atom. The number of rotatable bonds is 4. The largest absolute Gasteiger partial charge is 0.399 e. The van der Waals surface area contributed by atoms with E-state index in [0.29, 0.717) is 17.8 Å². The summed E-state index contributed by atoms with van der Waals surface area (Å²) in [5, 5.41) is 1.91. The summed E-state index contributed by atoms with van der Waals surface area (Å²) in [6.45, 7) is 2.05. The predicted molar refractivity (Wildman–Crippen MR) is 73.9 cm³/mol. The minimum Gasteiger partial charge on any atom is -0.399 e. The van der Waals surface area contributed by atoms with Gasteiger partial charge in [0.05, 0.1) is 4.90 Å². The summed E-state index contributed by atoms with van der Waals surface area (Å²) < 4.78 is 26.8. The maximum Gasteiger partial charge on any atom is 0.241 e. The van der Waals surface area contributed by atoms with Crippen molar-refractivity contribution < 1.29 is 8.42 Å². The zero-order valence-electron chi connectivity index (χ0n) is 9.88. The monoisotopic (exact) mass is 282 g/mol. The fourth-order valence-electron chi connectivity index (χ4n) is 1.56. The second kappa shape index (κ2) is 5.09. The molecule has 4 nitrogen and oxygen atoms in total. The first-order chi connectivity index (χ1) is 8.49. The van der Waals surface area contributed by atoms with Crippen molar-refractivity contribution in [1.29, 1.82) is 0 Å². The lowest BCUT2D eigenvalue weighted by molar-refractivity contribution is 0.581. The highest BCUT2D eigenvalue weighted by Crippen LogP contribution is 2.19. The topological polar surface area (TPSA) is 72.2 Å². The van der Waals surface area contributed by atoms with Gasteiger partial charge in [-0.05, 0) is 36.1 Å². The van der Waals surface area contributed by atoms with Crippen LogP contribution < -0.4 is 10.5 Å². The van der Waals surface area contributed by atoms with Crippen LogP contribution in [0.1, 0.15) is 10.4 Å². The molecule has 6 heteroatoms. The van der Waals surface area contributed by atoms with Gasteiger partial charge in [0.2, 0.25) is 10.0 Å². The lowest BCUT2D eigenvalue weighted by atomic mass is 10.2. The first-order valence-electron chi connectivity index (χ1n) is 5.37. The van der Waals surface area contributed by atoms with E-state index in [4.69, 9.17) is 5.73 Å². The van der Waals surface area contributed by atoms with E-state index in [-0.39, 0.29) is 4.90 Å². The molecule has 0 fully saturated rings. The lowest BCUT2D eigenvalue weighted by Gasteiger charge is -2.09. The van der Waals surface area contributed by atoms with E-state index < -0.39 is 10.0 Å². The van der Waals surface area contributed by atoms with Gasteiger partial charge in [-0.25, -0.2) is 13.1 Å². The van der Waals surface area contributed by atoms with Crippen LogP contribution in [0.5, 0.6) is 0 Å². The molecule has 0 saturated heterocycles. The Balaban J connectivity index is 2.22. The normalized spacial score (nSPS) is 11.6. The number of hydrogen-bond donors (Lipinski definition) is 2. The van der Waals surface area contributed by atoms with Gasteiger partial charge in [-0.2, -0.15) is 0 Å². The summed E-state index contributed by atoms with van der Waals surface area (Å²) in [5.41, 5.74) is 6.75. The standard InChI is InChI=1S/C12H14N2O2S2/c1-9-4-5-10(13)7-12(9)18(15,16)14-8-11-3-2-6-17-11/h2-7,14H,8,13H2,1H3. The van der Waals surface area contributed by atoms with E-state index in [2.05, 4.69) is 4.72 Å². The van der Waals surface area contributed by atoms with Crippen molar-refractivity contribution in [3.63, 3.8) is 0 Å². The predicted octanol–water partition coefficient (Wildman–Crippen LogP) is 2.12. The van der Waals surface area contributed by atoms with Crippen molar-refractivity contribution >= 4 is 27.0 Å². The van der Waals surface area contributed by atoms with Crippen LogP contribution in [0.15, 0.2) is 40.6 Å². The van der Waals surface area contributed by atoms with Gasteiger partial charge >= 0.3 is 0 Å². The number of anilines is 1. The highest BCUT2D eigenvalue weighted by atomic mass is 32.2. The van der Waals surface area contributed by atoms with Crippen molar-refractivity contribution in [2.75, 3.05) is 5.73 Å². The molecule has 0 atom stereocenters. The van der Waals surface area contributed by atoms with Crippen molar-refractivity contribution in [2.45, 2.75) is 18.4 Å². The molecular weight excluding hydrogens is 268 g/mol. The fourth-order valence-corrected chi connectivity index (χ4v) is 3.58. The van der Waals surface area contributed by atoms with Gasteiger partial charge in [0.25, 0.3) is 0 Å². The van der Waals surface area contributed by atoms with Gasteiger partial charge in [-0.3, -0.25) is 0 Å². The minimum absolute atomic E-state index is 0.235. The molecule has 0 aliphatic heterocycles. The molecule has 1 aromatic heterocycles. The summed E-state index contributed by atoms with van der Waals surface area (Å²) in [6.07, 6.45) is 0. The molecule has 2 aromatic rings. The summed E-state index contributed by atoms with van der Waals surface area (Å²) in [5.74, 6) is 0. The summed E-state index contributed by atoms with van der Waals surface area (Å²) >= 11 is 1.51. The van der Waals surface area contributed by atoms with Crippen LogP contribution in [0.3, 0.4) is 0 Å². The van der Waals surface area contributed by atoms with Crippen LogP contribution in [0.4, 0.5) is 5.69 Å². The molecule has 0 saturated carbocycles. The number of nitrogen functional groups attached to an aromatic ring is 1. The first kappa shape index (κ1) is 13.1. The van der Waals surface area contributed by atoms with Gasteiger partial charge in [0.15, 0.2) is 0 Å². The van der Waals surface area contributed by atoms with E-state index >= 15 is 0 Å². The Hall–Kier alpha value is -1.37. The molecule has 0 aliphatic rings. The third-order valence-electron chi connectivity index (χ3n) is 2.52. The van der Waals surface area contributed by atoms with Gasteiger partial charge in [0, 0.05) is 17.1 Å². The highest BCUT2D eigenvalue weighted by molar-refractivity contribution is 7.89. The fraction of sp³-hybridized carbons (Fsp3) is 0.167. The molecule has 3 N–H and O–H groups in total. The van der Waals surface area contributed by atoms with Gasteiger partial charge in [-0.15, -0.1) is 11.3 Å². The smallest absolute Gasteiger partial charge is 0.241 e. The molecule has 0 spiro atoms. The number of aryl methyl sites for hydroxylation is 1. The van der Waals surface area contributed by atoms with Crippen LogP contribution >= 0.6 is 11.3 Å². The second-order valence-corrected chi connectivity index (χ2v) is 6.70. The van der Waals surface area contributed by atoms with Crippen LogP contribution in [0, 0.1) is 6.92 Å². The Kier molecular flexibility index (Phi) is 3.70. The van der Waals surface area contributed by atoms with Gasteiger partial charge in [-0.1, -0.05) is 12.1 Å². The third kappa shape index (κ3) is 2.90. The average molecular weight is 282 g/mol. The Bertz CT molecular complexity index is 634. The quantitative estimate of drug-likeness (QED) is 0.844. The van der Waals surface area contributed by atoms with E-state index in [1.165, 1.54) is 17.4 Å². The molecule has 1 aromatic carbocycles. The molecule has 96 valence electrons. The third-order valence-corrected chi connectivity index (χ3v) is 4.94. The maximum atomic E-state index is 12.1. The number of sulfonamides is 1. The molecular formula is C12H14N2O2S2. The molecule has 0 amide bonds. The highest BCUT2D eigenvalue weighted by Gasteiger charge is 2.16. The summed E-state index contributed by atoms with van der Waals surface area (Å²) in [4.78, 5) is 1.21. The van der Waals surface area contributed by atoms with Crippen LogP contribution in [0.25, 0.3) is 0 Å². The molecule has 1 heterocycles. The zero-order valence-corrected chi connectivity index (χ0v) is 11.5. The Morgan fingerprint density at radius 1 is 1.33 bits per heavy atom. The average Bonchev–Trinajstić information content (AvgIpc) is 2.83. The zero-order chi connectivity index (χ0) is 13.2. The van der Waals surface area contributed by atoms with E-state index in [9.17, 15) is 8.42 Å². The van der Waals surface area contributed by atoms with E-state index in [0.717, 1.165) is 4.88 Å². The summed E-state index contributed by atoms with van der Waals surface area (Å²) in [6, 6.07) is 8.65. The molecule has 0 unspecified atom stereocenters. The number of nitrogens with two attached hydrogens (primary N) is 1. The SMILES string of the molecule is Cc1ccc(N)cc1S(=O)(=O)NCc1cccs1. The molecule has 0 aliphatic carbocycles. The number of hydrogen-bond acceptors (Lipinski definition) is 4. The van der Waals surface area contributed by atoms with Gasteiger partial charge < -0.3 is 5.73 Å². The Labute approximate surface area is 111 Å². The molecule has 2 rings (SSSR count).